The third kappa shape index (κ3) is 21.0. The number of aromatic nitrogens is 4. The number of piperidine rings is 1. The van der Waals surface area contributed by atoms with E-state index in [0.717, 1.165) is 54.5 Å². The average Bonchev–Trinajstić information content (AvgIpc) is 3.74. The van der Waals surface area contributed by atoms with E-state index in [-0.39, 0.29) is 24.5 Å². The molecule has 0 unspecified atom stereocenters. The first-order chi connectivity index (χ1) is 33.4. The first-order valence-electron chi connectivity index (χ1n) is 19.4. The second-order valence-electron chi connectivity index (χ2n) is 12.5. The predicted molar refractivity (Wildman–Crippen MR) is 285 cm³/mol. The quantitative estimate of drug-likeness (QED) is 0.0643. The standard InChI is InChI=1S/C26H29N7O.C26H2.HN7O.13H2/c1-18-14-24(26(34)30-16-20-2-3-23-21(15-20)4-11-29-25(23)27)33(31-18)17-19-7-12-32(13-8-19)22-5-9-28-10-6-22;1-3-5-7-9-11-13-15-17-19-21-23-25-26-24-22-20-18-16-14-12-10-8-6-4-2;1-2-3-4-5-6-7-8;;;;;;;;;;;;;/h2-6,9-11,14-15,19H,7-8,12-13,16-17H2,1H3,(H2,27,29)(H,30,34);1-2H;1H;13*1H/b;;2-1?,4-3+,6-5+;;;;;;;;;;;;;. The van der Waals surface area contributed by atoms with Gasteiger partial charge in [-0.2, -0.15) is 10.6 Å². The number of nitrogens with one attached hydrogen (secondary N) is 2. The molecule has 4 heterocycles. The van der Waals surface area contributed by atoms with E-state index in [4.69, 9.17) is 29.0 Å². The Labute approximate surface area is 413 Å². The number of rotatable bonds is 9. The highest BCUT2D eigenvalue weighted by Crippen LogP contribution is 2.25. The molecule has 1 fully saturated rings. The maximum atomic E-state index is 13.0. The summed E-state index contributed by atoms with van der Waals surface area (Å²) in [6.45, 7) is 5.12. The van der Waals surface area contributed by atoms with Crippen LogP contribution in [0.15, 0.2) is 92.5 Å². The topological polar surface area (TPSA) is 217 Å². The van der Waals surface area contributed by atoms with Crippen molar-refractivity contribution in [2.24, 2.45) is 37.3 Å². The number of amides is 1. The first kappa shape index (κ1) is 51.1. The van der Waals surface area contributed by atoms with Crippen molar-refractivity contribution >= 4 is 28.2 Å². The van der Waals surface area contributed by atoms with Crippen molar-refractivity contribution in [2.45, 2.75) is 32.9 Å². The lowest BCUT2D eigenvalue weighted by Crippen LogP contribution is -2.35. The van der Waals surface area contributed by atoms with Crippen LogP contribution in [-0.4, -0.2) is 38.7 Å². The van der Waals surface area contributed by atoms with Crippen molar-refractivity contribution in [3.05, 3.63) is 82.9 Å². The highest BCUT2D eigenvalue weighted by Gasteiger charge is 2.23. The van der Waals surface area contributed by atoms with Gasteiger partial charge in [0.2, 0.25) is 0 Å². The van der Waals surface area contributed by atoms with Crippen LogP contribution >= 0.6 is 0 Å². The van der Waals surface area contributed by atoms with Gasteiger partial charge in [-0.15, -0.1) is 17.8 Å². The average molecular weight is 911 g/mol. The molecule has 348 valence electrons. The fraction of sp³-hybridized carbons (Fsp3) is 0.154. The summed E-state index contributed by atoms with van der Waals surface area (Å²) in [6, 6.07) is 13.9. The minimum absolute atomic E-state index is 0. The van der Waals surface area contributed by atoms with Gasteiger partial charge < -0.3 is 16.0 Å². The van der Waals surface area contributed by atoms with Crippen LogP contribution in [0.5, 0.6) is 0 Å². The number of pyridine rings is 2. The van der Waals surface area contributed by atoms with Gasteiger partial charge in [0.1, 0.15) is 16.8 Å². The Morgan fingerprint density at radius 3 is 1.75 bits per heavy atom. The third-order valence-corrected chi connectivity index (χ3v) is 8.18. The van der Waals surface area contributed by atoms with Crippen LogP contribution in [0.3, 0.4) is 0 Å². The van der Waals surface area contributed by atoms with Crippen molar-refractivity contribution in [1.82, 2.24) is 25.1 Å². The number of aryl methyl sites for hydroxylation is 1. The molecule has 1 aliphatic rings. The molecule has 0 radical (unpaired) electrons. The number of nitrogen functional groups attached to an aromatic ring is 1. The number of nitrogens with zero attached hydrogens (tertiary/aromatic N) is 11. The molecule has 0 aliphatic carbocycles. The molecule has 3 aromatic heterocycles. The van der Waals surface area contributed by atoms with E-state index in [0.29, 0.717) is 24.0 Å². The van der Waals surface area contributed by atoms with Crippen LogP contribution in [0.2, 0.25) is 0 Å². The normalized spacial score (nSPS) is 9.90. The molecule has 68 heavy (non-hydrogen) atoms. The Hall–Kier alpha value is -11.3. The largest absolute Gasteiger partial charge is 0.383 e. The fourth-order valence-corrected chi connectivity index (χ4v) is 5.44. The minimum atomic E-state index is -0.107. The Morgan fingerprint density at radius 1 is 0.735 bits per heavy atom. The summed E-state index contributed by atoms with van der Waals surface area (Å²) in [7, 11) is 0. The number of carbonyl (C=O) groups excluding carboxylic acids is 1. The Balaban J connectivity index is -0.000000106. The number of terminal acetylenes is 2. The predicted octanol–water partition coefficient (Wildman–Crippen LogP) is 8.48. The molecule has 16 heteroatoms. The number of benzene rings is 1. The van der Waals surface area contributed by atoms with E-state index in [2.05, 4.69) is 206 Å². The second kappa shape index (κ2) is 32.5. The first-order valence-corrected chi connectivity index (χ1v) is 19.4. The molecule has 1 saturated heterocycles. The number of hydrogen-bond acceptors (Lipinski definition) is 8. The fourth-order valence-electron chi connectivity index (χ4n) is 5.44. The van der Waals surface area contributed by atoms with Crippen molar-refractivity contribution in [2.75, 3.05) is 23.7 Å². The van der Waals surface area contributed by atoms with Crippen LogP contribution in [0.1, 0.15) is 53.1 Å². The van der Waals surface area contributed by atoms with Crippen molar-refractivity contribution in [3.8, 4) is 155 Å². The van der Waals surface area contributed by atoms with E-state index >= 15 is 0 Å². The zero-order valence-electron chi connectivity index (χ0n) is 36.1. The van der Waals surface area contributed by atoms with Gasteiger partial charge in [0.05, 0.1) is 5.69 Å². The number of carbonyl (C=O) groups is 1. The van der Waals surface area contributed by atoms with Crippen LogP contribution in [0.25, 0.3) is 10.8 Å². The zero-order valence-corrected chi connectivity index (χ0v) is 36.1. The Kier molecular flexibility index (Phi) is 24.4. The molecule has 5 rings (SSSR count). The number of nitrogens with two attached hydrogens (primary N) is 1. The van der Waals surface area contributed by atoms with Crippen LogP contribution in [0.4, 0.5) is 11.5 Å². The zero-order chi connectivity index (χ0) is 48.7. The lowest BCUT2D eigenvalue weighted by atomic mass is 9.96. The molecule has 16 nitrogen and oxygen atoms in total. The van der Waals surface area contributed by atoms with Gasteiger partial charge in [-0.1, -0.05) is 12.1 Å². The second-order valence-corrected chi connectivity index (χ2v) is 12.5. The van der Waals surface area contributed by atoms with Crippen molar-refractivity contribution in [1.29, 1.82) is 5.53 Å². The molecule has 0 atom stereocenters. The third-order valence-electron chi connectivity index (χ3n) is 8.18. The summed E-state index contributed by atoms with van der Waals surface area (Å²) in [5.74, 6) is 59.1. The SMILES string of the molecule is C#CC#CC#CC#CC#CC#CC#CC#CC#CC#CC#CC#CC#C.Cc1cc(C(=O)NCc2ccc3c(N)nccc3c2)n(CC2CCN(c3ccncc3)CC2)n1.N=N/N=N/N=N/N=O.[HH].[HH].[HH].[HH].[HH].[HH].[HH].[HH].[HH].[HH].[HH].[HH].[HH]. The number of anilines is 2. The van der Waals surface area contributed by atoms with Gasteiger partial charge in [-0.3, -0.25) is 14.5 Å². The van der Waals surface area contributed by atoms with Crippen molar-refractivity contribution < 1.29 is 23.3 Å². The number of hydrogen-bond donors (Lipinski definition) is 3. The van der Waals surface area contributed by atoms with Gasteiger partial charge in [0.25, 0.3) is 5.91 Å². The van der Waals surface area contributed by atoms with E-state index in [1.165, 1.54) is 5.69 Å². The van der Waals surface area contributed by atoms with Crippen LogP contribution in [0, 0.1) is 178 Å². The van der Waals surface area contributed by atoms with Crippen molar-refractivity contribution in [3.63, 3.8) is 0 Å². The molecular formula is C52H58N14O2. The van der Waals surface area contributed by atoms with Gasteiger partial charge in [-0.05, 0) is 177 Å². The van der Waals surface area contributed by atoms with Crippen LogP contribution in [-0.2, 0) is 13.1 Å². The highest BCUT2D eigenvalue weighted by atomic mass is 16.3. The Morgan fingerprint density at radius 2 is 1.25 bits per heavy atom. The summed E-state index contributed by atoms with van der Waals surface area (Å²) >= 11 is 0. The van der Waals surface area contributed by atoms with Crippen LogP contribution < -0.4 is 16.0 Å². The van der Waals surface area contributed by atoms with E-state index in [1.807, 2.05) is 59.6 Å². The molecule has 4 aromatic rings. The summed E-state index contributed by atoms with van der Waals surface area (Å²) in [4.78, 5) is 32.7. The Bertz CT molecular complexity index is 3290. The minimum Gasteiger partial charge on any atom is -0.383 e. The summed E-state index contributed by atoms with van der Waals surface area (Å²) in [5, 5.41) is 24.5. The summed E-state index contributed by atoms with van der Waals surface area (Å²) in [5.41, 5.74) is 15.6. The maximum absolute atomic E-state index is 13.0. The summed E-state index contributed by atoms with van der Waals surface area (Å²) < 4.78 is 1.88. The molecule has 1 aromatic carbocycles. The molecule has 0 bridgehead atoms. The van der Waals surface area contributed by atoms with E-state index in [9.17, 15) is 4.79 Å². The molecule has 0 spiro atoms. The molecular weight excluding hydrogens is 853 g/mol. The van der Waals surface area contributed by atoms with E-state index < -0.39 is 0 Å². The van der Waals surface area contributed by atoms with Gasteiger partial charge in [0, 0.05) is 132 Å². The van der Waals surface area contributed by atoms with Gasteiger partial charge in [0.15, 0.2) is 0 Å². The number of fused-ring (bicyclic) bond motifs is 1. The van der Waals surface area contributed by atoms with Gasteiger partial charge in [-0.25, -0.2) is 4.98 Å². The summed E-state index contributed by atoms with van der Waals surface area (Å²) in [6.07, 6.45) is 17.3. The van der Waals surface area contributed by atoms with Gasteiger partial charge >= 0.3 is 0 Å². The molecule has 0 saturated carbocycles. The lowest BCUT2D eigenvalue weighted by molar-refractivity contribution is 0.0938. The smallest absolute Gasteiger partial charge is 0.269 e. The molecule has 1 aliphatic heterocycles. The monoisotopic (exact) mass is 910 g/mol. The number of nitroso groups, excluding NO2 is 1. The highest BCUT2D eigenvalue weighted by molar-refractivity contribution is 5.93. The van der Waals surface area contributed by atoms with E-state index in [1.54, 1.807) is 6.20 Å². The maximum Gasteiger partial charge on any atom is 0.269 e. The molecule has 4 N–H and O–H groups in total. The molecule has 1 amide bonds. The lowest BCUT2D eigenvalue weighted by Gasteiger charge is -2.33.